The van der Waals surface area contributed by atoms with Crippen molar-refractivity contribution >= 4 is 17.2 Å². The Kier molecular flexibility index (Phi) is 5.72. The Morgan fingerprint density at radius 2 is 2.22 bits per heavy atom. The summed E-state index contributed by atoms with van der Waals surface area (Å²) in [7, 11) is 0. The van der Waals surface area contributed by atoms with E-state index >= 15 is 0 Å². The van der Waals surface area contributed by atoms with Crippen LogP contribution >= 0.6 is 11.3 Å². The molecule has 0 aromatic carbocycles. The van der Waals surface area contributed by atoms with E-state index in [1.54, 1.807) is 11.3 Å². The topological polar surface area (TPSA) is 29.1 Å². The van der Waals surface area contributed by atoms with Crippen molar-refractivity contribution < 1.29 is 4.79 Å². The minimum atomic E-state index is 0.202. The van der Waals surface area contributed by atoms with Gasteiger partial charge in [0.15, 0.2) is 0 Å². The van der Waals surface area contributed by atoms with Crippen LogP contribution in [0.25, 0.3) is 0 Å². The van der Waals surface area contributed by atoms with Crippen molar-refractivity contribution in [2.75, 3.05) is 6.54 Å². The Morgan fingerprint density at radius 3 is 2.94 bits per heavy atom. The molecule has 0 bridgehead atoms. The highest BCUT2D eigenvalue weighted by Gasteiger charge is 2.14. The Morgan fingerprint density at radius 1 is 1.39 bits per heavy atom. The maximum atomic E-state index is 11.6. The van der Waals surface area contributed by atoms with Gasteiger partial charge in [0.2, 0.25) is 5.91 Å². The zero-order valence-electron chi connectivity index (χ0n) is 11.0. The Balaban J connectivity index is 1.49. The van der Waals surface area contributed by atoms with Gasteiger partial charge in [-0.05, 0) is 47.6 Å². The molecular weight excluding hydrogens is 242 g/mol. The summed E-state index contributed by atoms with van der Waals surface area (Å²) in [5.41, 5.74) is 1.28. The molecule has 3 heteroatoms. The Hall–Kier alpha value is -0.830. The van der Waals surface area contributed by atoms with E-state index in [1.165, 1.54) is 37.7 Å². The first-order valence-corrected chi connectivity index (χ1v) is 8.06. The van der Waals surface area contributed by atoms with Gasteiger partial charge in [-0.25, -0.2) is 0 Å². The third-order valence-electron chi connectivity index (χ3n) is 3.81. The molecule has 0 spiro atoms. The van der Waals surface area contributed by atoms with Crippen LogP contribution in [0.15, 0.2) is 16.8 Å². The molecule has 1 aliphatic rings. The summed E-state index contributed by atoms with van der Waals surface area (Å²) in [5.74, 6) is 1.14. The van der Waals surface area contributed by atoms with Crippen molar-refractivity contribution in [2.45, 2.75) is 51.4 Å². The molecule has 0 aliphatic heterocycles. The lowest BCUT2D eigenvalue weighted by Gasteiger charge is -2.09. The number of rotatable bonds is 7. The van der Waals surface area contributed by atoms with Gasteiger partial charge >= 0.3 is 0 Å². The highest BCUT2D eigenvalue weighted by Crippen LogP contribution is 2.28. The molecule has 1 fully saturated rings. The van der Waals surface area contributed by atoms with Gasteiger partial charge in [0.1, 0.15) is 0 Å². The number of hydrogen-bond acceptors (Lipinski definition) is 2. The molecule has 2 rings (SSSR count). The molecule has 0 atom stereocenters. The van der Waals surface area contributed by atoms with E-state index in [-0.39, 0.29) is 5.91 Å². The van der Waals surface area contributed by atoms with Gasteiger partial charge in [-0.2, -0.15) is 11.3 Å². The number of carbonyl (C=O) groups excluding carboxylic acids is 1. The quantitative estimate of drug-likeness (QED) is 0.747. The first-order chi connectivity index (χ1) is 8.84. The van der Waals surface area contributed by atoms with E-state index in [1.807, 2.05) is 0 Å². The molecule has 100 valence electrons. The zero-order chi connectivity index (χ0) is 12.6. The first kappa shape index (κ1) is 13.6. The van der Waals surface area contributed by atoms with Crippen LogP contribution in [-0.2, 0) is 11.2 Å². The second-order valence-electron chi connectivity index (χ2n) is 5.27. The minimum Gasteiger partial charge on any atom is -0.356 e. The Labute approximate surface area is 114 Å². The largest absolute Gasteiger partial charge is 0.356 e. The highest BCUT2D eigenvalue weighted by molar-refractivity contribution is 7.07. The van der Waals surface area contributed by atoms with Crippen LogP contribution in [0.1, 0.15) is 50.5 Å². The third kappa shape index (κ3) is 4.81. The molecule has 18 heavy (non-hydrogen) atoms. The lowest BCUT2D eigenvalue weighted by Crippen LogP contribution is -2.24. The molecule has 0 radical (unpaired) electrons. The summed E-state index contributed by atoms with van der Waals surface area (Å²) >= 11 is 1.70. The predicted molar refractivity (Wildman–Crippen MR) is 76.8 cm³/mol. The highest BCUT2D eigenvalue weighted by atomic mass is 32.1. The molecule has 1 aliphatic carbocycles. The van der Waals surface area contributed by atoms with Gasteiger partial charge in [-0.3, -0.25) is 4.79 Å². The number of thiophene rings is 1. The van der Waals surface area contributed by atoms with E-state index in [2.05, 4.69) is 22.1 Å². The third-order valence-corrected chi connectivity index (χ3v) is 4.54. The van der Waals surface area contributed by atoms with Crippen LogP contribution in [0.3, 0.4) is 0 Å². The fourth-order valence-corrected chi connectivity index (χ4v) is 3.40. The number of carbonyl (C=O) groups is 1. The van der Waals surface area contributed by atoms with Crippen LogP contribution in [0.2, 0.25) is 0 Å². The maximum absolute atomic E-state index is 11.6. The average molecular weight is 265 g/mol. The predicted octanol–water partition coefficient (Wildman–Crippen LogP) is 3.77. The van der Waals surface area contributed by atoms with Crippen molar-refractivity contribution in [1.29, 1.82) is 0 Å². The monoisotopic (exact) mass is 265 g/mol. The second-order valence-corrected chi connectivity index (χ2v) is 6.05. The number of hydrogen-bond donors (Lipinski definition) is 1. The lowest BCUT2D eigenvalue weighted by molar-refractivity contribution is -0.121. The summed E-state index contributed by atoms with van der Waals surface area (Å²) in [6.07, 6.45) is 9.59. The van der Waals surface area contributed by atoms with E-state index in [4.69, 9.17) is 0 Å². The van der Waals surface area contributed by atoms with Crippen molar-refractivity contribution in [3.05, 3.63) is 22.4 Å². The van der Waals surface area contributed by atoms with Crippen molar-refractivity contribution in [2.24, 2.45) is 5.92 Å². The second kappa shape index (κ2) is 7.57. The number of nitrogens with one attached hydrogen (secondary N) is 1. The van der Waals surface area contributed by atoms with Crippen molar-refractivity contribution in [3.8, 4) is 0 Å². The van der Waals surface area contributed by atoms with Crippen LogP contribution in [0.4, 0.5) is 0 Å². The van der Waals surface area contributed by atoms with Gasteiger partial charge in [-0.15, -0.1) is 0 Å². The summed E-state index contributed by atoms with van der Waals surface area (Å²) < 4.78 is 0. The van der Waals surface area contributed by atoms with Gasteiger partial charge in [0.05, 0.1) is 0 Å². The molecule has 0 saturated heterocycles. The fourth-order valence-electron chi connectivity index (χ4n) is 2.70. The zero-order valence-corrected chi connectivity index (χ0v) is 11.8. The van der Waals surface area contributed by atoms with Crippen LogP contribution in [0, 0.1) is 5.92 Å². The Bertz CT molecular complexity index is 341. The molecule has 2 nitrogen and oxygen atoms in total. The van der Waals surface area contributed by atoms with Gasteiger partial charge in [0.25, 0.3) is 0 Å². The molecule has 1 saturated carbocycles. The normalized spacial score (nSPS) is 16.0. The summed E-state index contributed by atoms with van der Waals surface area (Å²) in [6.45, 7) is 0.860. The summed E-state index contributed by atoms with van der Waals surface area (Å²) in [6, 6.07) is 2.10. The fraction of sp³-hybridized carbons (Fsp3) is 0.667. The summed E-state index contributed by atoms with van der Waals surface area (Å²) in [5, 5.41) is 7.22. The lowest BCUT2D eigenvalue weighted by atomic mass is 10.0. The molecule has 1 heterocycles. The molecular formula is C15H23NOS. The van der Waals surface area contributed by atoms with E-state index in [0.29, 0.717) is 6.42 Å². The van der Waals surface area contributed by atoms with Gasteiger partial charge < -0.3 is 5.32 Å². The smallest absolute Gasteiger partial charge is 0.220 e. The number of aryl methyl sites for hydroxylation is 1. The van der Waals surface area contributed by atoms with E-state index in [0.717, 1.165) is 25.3 Å². The van der Waals surface area contributed by atoms with Crippen LogP contribution < -0.4 is 5.32 Å². The molecule has 1 aromatic heterocycles. The van der Waals surface area contributed by atoms with Gasteiger partial charge in [-0.1, -0.05) is 25.7 Å². The van der Waals surface area contributed by atoms with Crippen LogP contribution in [-0.4, -0.2) is 12.5 Å². The van der Waals surface area contributed by atoms with Crippen molar-refractivity contribution in [1.82, 2.24) is 5.32 Å². The van der Waals surface area contributed by atoms with Gasteiger partial charge in [0, 0.05) is 13.0 Å². The number of amides is 1. The summed E-state index contributed by atoms with van der Waals surface area (Å²) in [4.78, 5) is 11.6. The SMILES string of the molecule is O=C(CCc1ccsc1)NCCCC1CCCC1. The standard InChI is InChI=1S/C15H23NOS/c17-15(8-7-14-9-11-18-12-14)16-10-3-6-13-4-1-2-5-13/h9,11-13H,1-8,10H2,(H,16,17). The van der Waals surface area contributed by atoms with E-state index in [9.17, 15) is 4.79 Å². The maximum Gasteiger partial charge on any atom is 0.220 e. The van der Waals surface area contributed by atoms with E-state index < -0.39 is 0 Å². The minimum absolute atomic E-state index is 0.202. The first-order valence-electron chi connectivity index (χ1n) is 7.12. The molecule has 0 unspecified atom stereocenters. The van der Waals surface area contributed by atoms with Crippen LogP contribution in [0.5, 0.6) is 0 Å². The molecule has 1 amide bonds. The molecule has 1 aromatic rings. The molecule has 1 N–H and O–H groups in total. The average Bonchev–Trinajstić information content (AvgIpc) is 3.04. The van der Waals surface area contributed by atoms with Crippen molar-refractivity contribution in [3.63, 3.8) is 0 Å².